The summed E-state index contributed by atoms with van der Waals surface area (Å²) in [6, 6.07) is 17.5. The van der Waals surface area contributed by atoms with Crippen molar-refractivity contribution in [2.75, 3.05) is 6.54 Å². The molecule has 3 aromatic rings. The molecule has 1 N–H and O–H groups in total. The van der Waals surface area contributed by atoms with Gasteiger partial charge >= 0.3 is 0 Å². The van der Waals surface area contributed by atoms with Gasteiger partial charge in [0, 0.05) is 33.7 Å². The van der Waals surface area contributed by atoms with E-state index >= 15 is 0 Å². The van der Waals surface area contributed by atoms with Gasteiger partial charge < -0.3 is 5.32 Å². The number of nitrogens with zero attached hydrogens (tertiary/aromatic N) is 2. The molecule has 146 valence electrons. The van der Waals surface area contributed by atoms with Crippen LogP contribution >= 0.6 is 23.4 Å². The molecule has 0 bridgehead atoms. The first-order valence-corrected chi connectivity index (χ1v) is 10.8. The highest BCUT2D eigenvalue weighted by atomic mass is 35.5. The fourth-order valence-corrected chi connectivity index (χ4v) is 4.19. The molecule has 1 aliphatic rings. The Bertz CT molecular complexity index is 1080. The van der Waals surface area contributed by atoms with Gasteiger partial charge in [-0.2, -0.15) is 0 Å². The first kappa shape index (κ1) is 19.7. The van der Waals surface area contributed by atoms with E-state index < -0.39 is 0 Å². The molecule has 2 aromatic carbocycles. The Balaban J connectivity index is 1.78. The van der Waals surface area contributed by atoms with E-state index in [-0.39, 0.29) is 5.91 Å². The zero-order valence-electron chi connectivity index (χ0n) is 16.0. The van der Waals surface area contributed by atoms with Crippen molar-refractivity contribution in [3.63, 3.8) is 0 Å². The predicted molar refractivity (Wildman–Crippen MR) is 119 cm³/mol. The maximum absolute atomic E-state index is 12.5. The summed E-state index contributed by atoms with van der Waals surface area (Å²) in [4.78, 5) is 24.0. The van der Waals surface area contributed by atoms with E-state index in [0.717, 1.165) is 45.3 Å². The van der Waals surface area contributed by atoms with Crippen molar-refractivity contribution in [3.05, 3.63) is 82.6 Å². The monoisotopic (exact) mass is 421 g/mol. The van der Waals surface area contributed by atoms with Gasteiger partial charge in [-0.15, -0.1) is 0 Å². The van der Waals surface area contributed by atoms with Crippen LogP contribution in [0, 0.1) is 0 Å². The Morgan fingerprint density at radius 1 is 1.10 bits per heavy atom. The Labute approximate surface area is 179 Å². The lowest BCUT2D eigenvalue weighted by Gasteiger charge is -2.08. The first-order valence-electron chi connectivity index (χ1n) is 9.56. The second-order valence-electron chi connectivity index (χ2n) is 6.71. The van der Waals surface area contributed by atoms with Gasteiger partial charge in [0.2, 0.25) is 0 Å². The van der Waals surface area contributed by atoms with Crippen molar-refractivity contribution in [1.82, 2.24) is 10.3 Å². The number of fused-ring (bicyclic) bond motifs is 2. The summed E-state index contributed by atoms with van der Waals surface area (Å²) < 4.78 is 0. The number of benzene rings is 2. The number of carbonyl (C=O) groups excluding carboxylic acids is 1. The first-order chi connectivity index (χ1) is 14.2. The smallest absolute Gasteiger partial charge is 0.251 e. The van der Waals surface area contributed by atoms with Crippen molar-refractivity contribution in [1.29, 1.82) is 0 Å². The molecule has 4 rings (SSSR count). The Morgan fingerprint density at radius 3 is 2.76 bits per heavy atom. The van der Waals surface area contributed by atoms with Crippen molar-refractivity contribution in [3.8, 4) is 0 Å². The second-order valence-corrected chi connectivity index (χ2v) is 8.23. The highest BCUT2D eigenvalue weighted by Gasteiger charge is 2.20. The molecule has 0 unspecified atom stereocenters. The van der Waals surface area contributed by atoms with Crippen LogP contribution in [0.2, 0.25) is 5.02 Å². The predicted octanol–water partition coefficient (Wildman–Crippen LogP) is 5.90. The molecule has 0 radical (unpaired) electrons. The fraction of sp³-hybridized carbons (Fsp3) is 0.174. The van der Waals surface area contributed by atoms with Crippen molar-refractivity contribution in [2.24, 2.45) is 4.99 Å². The normalized spacial score (nSPS) is 12.4. The van der Waals surface area contributed by atoms with Crippen LogP contribution in [0.25, 0.3) is 0 Å². The summed E-state index contributed by atoms with van der Waals surface area (Å²) in [6.07, 6.45) is 3.63. The van der Waals surface area contributed by atoms with E-state index in [1.807, 2.05) is 48.5 Å². The number of aromatic nitrogens is 1. The number of unbranched alkanes of at least 4 members (excludes halogenated alkanes) is 1. The minimum absolute atomic E-state index is 0.0746. The average molecular weight is 422 g/mol. The summed E-state index contributed by atoms with van der Waals surface area (Å²) in [5.74, 6) is -0.0746. The maximum Gasteiger partial charge on any atom is 0.251 e. The van der Waals surface area contributed by atoms with Crippen LogP contribution in [0.15, 0.2) is 75.6 Å². The second kappa shape index (κ2) is 8.80. The van der Waals surface area contributed by atoms with Crippen LogP contribution in [0.5, 0.6) is 0 Å². The van der Waals surface area contributed by atoms with Gasteiger partial charge in [0.15, 0.2) is 0 Å². The van der Waals surface area contributed by atoms with E-state index in [4.69, 9.17) is 16.6 Å². The minimum Gasteiger partial charge on any atom is -0.352 e. The number of aliphatic imine (C=N–C) groups is 1. The van der Waals surface area contributed by atoms with Crippen LogP contribution in [-0.4, -0.2) is 23.1 Å². The number of pyridine rings is 1. The van der Waals surface area contributed by atoms with Gasteiger partial charge in [-0.25, -0.2) is 4.99 Å². The number of halogens is 1. The third-order valence-electron chi connectivity index (χ3n) is 4.60. The Kier molecular flexibility index (Phi) is 5.97. The minimum atomic E-state index is -0.0746. The maximum atomic E-state index is 12.5. The van der Waals surface area contributed by atoms with Gasteiger partial charge in [0.1, 0.15) is 0 Å². The highest BCUT2D eigenvalue weighted by Crippen LogP contribution is 2.41. The highest BCUT2D eigenvalue weighted by molar-refractivity contribution is 7.99. The molecule has 4 nitrogen and oxygen atoms in total. The molecule has 0 fully saturated rings. The topological polar surface area (TPSA) is 54.4 Å². The number of hydrogen-bond donors (Lipinski definition) is 1. The van der Waals surface area contributed by atoms with Gasteiger partial charge in [0.05, 0.1) is 22.1 Å². The Hall–Kier alpha value is -2.63. The number of rotatable bonds is 5. The molecule has 0 atom stereocenters. The molecule has 0 saturated heterocycles. The molecular formula is C23H20ClN3OS. The van der Waals surface area contributed by atoms with E-state index in [1.54, 1.807) is 18.0 Å². The molecule has 0 saturated carbocycles. The zero-order valence-corrected chi connectivity index (χ0v) is 17.6. The number of nitrogens with one attached hydrogen (secondary N) is 1. The lowest BCUT2D eigenvalue weighted by Crippen LogP contribution is -2.24. The molecular weight excluding hydrogens is 402 g/mol. The number of hydrogen-bond acceptors (Lipinski definition) is 4. The zero-order chi connectivity index (χ0) is 20.2. The lowest BCUT2D eigenvalue weighted by molar-refractivity contribution is 0.0953. The van der Waals surface area contributed by atoms with Crippen LogP contribution < -0.4 is 5.32 Å². The number of amides is 1. The number of carbonyl (C=O) groups is 1. The van der Waals surface area contributed by atoms with Crippen LogP contribution in [0.4, 0.5) is 5.69 Å². The van der Waals surface area contributed by atoms with Gasteiger partial charge in [-0.05, 0) is 42.8 Å². The van der Waals surface area contributed by atoms with Gasteiger partial charge in [-0.3, -0.25) is 9.78 Å². The summed E-state index contributed by atoms with van der Waals surface area (Å²) in [7, 11) is 0. The molecule has 2 heterocycles. The molecule has 29 heavy (non-hydrogen) atoms. The Morgan fingerprint density at radius 2 is 1.97 bits per heavy atom. The summed E-state index contributed by atoms with van der Waals surface area (Å²) in [5.41, 5.74) is 3.90. The average Bonchev–Trinajstić information content (AvgIpc) is 2.90. The molecule has 0 spiro atoms. The van der Waals surface area contributed by atoms with Crippen LogP contribution in [0.3, 0.4) is 0 Å². The van der Waals surface area contributed by atoms with Gasteiger partial charge in [-0.1, -0.05) is 54.9 Å². The van der Waals surface area contributed by atoms with Crippen molar-refractivity contribution < 1.29 is 4.79 Å². The van der Waals surface area contributed by atoms with Crippen LogP contribution in [-0.2, 0) is 0 Å². The van der Waals surface area contributed by atoms with Crippen LogP contribution in [0.1, 0.15) is 41.4 Å². The fourth-order valence-electron chi connectivity index (χ4n) is 3.07. The summed E-state index contributed by atoms with van der Waals surface area (Å²) in [6.45, 7) is 2.78. The SMILES string of the molecule is CCCCNC(=O)c1ccc2c(c1)N=C(c1ccc(Cl)cn1)c1ccccc1S2. The standard InChI is InChI=1S/C23H20ClN3OS/c1-2-3-12-25-23(28)15-8-11-21-19(13-15)27-22(18-10-9-16(24)14-26-18)17-6-4-5-7-20(17)29-21/h4-11,13-14H,2-3,12H2,1H3,(H,25,28). The largest absolute Gasteiger partial charge is 0.352 e. The third-order valence-corrected chi connectivity index (χ3v) is 5.97. The van der Waals surface area contributed by atoms with Crippen molar-refractivity contribution >= 4 is 40.7 Å². The molecule has 1 amide bonds. The molecule has 0 aliphatic carbocycles. The lowest BCUT2D eigenvalue weighted by atomic mass is 10.1. The van der Waals surface area contributed by atoms with E-state index in [2.05, 4.69) is 23.3 Å². The van der Waals surface area contributed by atoms with E-state index in [9.17, 15) is 4.79 Å². The molecule has 1 aliphatic heterocycles. The summed E-state index contributed by atoms with van der Waals surface area (Å²) in [5, 5.41) is 3.55. The third kappa shape index (κ3) is 4.36. The molecule has 1 aromatic heterocycles. The van der Waals surface area contributed by atoms with E-state index in [0.29, 0.717) is 17.1 Å². The quantitative estimate of drug-likeness (QED) is 0.408. The van der Waals surface area contributed by atoms with Crippen molar-refractivity contribution in [2.45, 2.75) is 29.6 Å². The molecule has 6 heteroatoms. The summed E-state index contributed by atoms with van der Waals surface area (Å²) >= 11 is 7.67. The van der Waals surface area contributed by atoms with Gasteiger partial charge in [0.25, 0.3) is 5.91 Å². The van der Waals surface area contributed by atoms with E-state index in [1.165, 1.54) is 0 Å².